The van der Waals surface area contributed by atoms with Gasteiger partial charge in [0.25, 0.3) is 5.91 Å². The zero-order valence-electron chi connectivity index (χ0n) is 14.6. The van der Waals surface area contributed by atoms with E-state index in [0.29, 0.717) is 17.7 Å². The first-order valence-electron chi connectivity index (χ1n) is 7.99. The number of carbonyl (C=O) groups excluding carboxylic acids is 3. The molecule has 0 saturated carbocycles. The predicted molar refractivity (Wildman–Crippen MR) is 84.7 cm³/mol. The summed E-state index contributed by atoms with van der Waals surface area (Å²) in [5.41, 5.74) is 1.17. The predicted octanol–water partition coefficient (Wildman–Crippen LogP) is 1.70. The number of ether oxygens (including phenoxy) is 1. The van der Waals surface area contributed by atoms with Gasteiger partial charge in [-0.2, -0.15) is 13.2 Å². The van der Waals surface area contributed by atoms with Gasteiger partial charge in [-0.05, 0) is 32.3 Å². The fourth-order valence-corrected chi connectivity index (χ4v) is 3.10. The first-order chi connectivity index (χ1) is 12.1. The molecule has 144 valence electrons. The van der Waals surface area contributed by atoms with Crippen molar-refractivity contribution in [1.29, 1.82) is 0 Å². The van der Waals surface area contributed by atoms with Crippen molar-refractivity contribution < 1.29 is 32.3 Å². The Kier molecular flexibility index (Phi) is 5.62. The summed E-state index contributed by atoms with van der Waals surface area (Å²) >= 11 is 0. The van der Waals surface area contributed by atoms with E-state index in [1.165, 1.54) is 12.0 Å². The van der Waals surface area contributed by atoms with Crippen molar-refractivity contribution in [2.75, 3.05) is 20.2 Å². The van der Waals surface area contributed by atoms with Crippen molar-refractivity contribution >= 4 is 17.8 Å². The van der Waals surface area contributed by atoms with E-state index in [0.717, 1.165) is 0 Å². The SMILES string of the molecule is COC(=O)c1c(C)[nH]c(C(=O)N2CCCC2C(=O)NCC(F)(F)F)c1C. The number of hydrogen-bond donors (Lipinski definition) is 2. The fraction of sp³-hybridized carbons (Fsp3) is 0.562. The van der Waals surface area contributed by atoms with Gasteiger partial charge in [0.05, 0.1) is 12.7 Å². The second-order valence-corrected chi connectivity index (χ2v) is 6.11. The molecule has 0 bridgehead atoms. The normalized spacial score (nSPS) is 17.3. The molecular formula is C16H20F3N3O4. The van der Waals surface area contributed by atoms with Crippen LogP contribution in [0.15, 0.2) is 0 Å². The van der Waals surface area contributed by atoms with E-state index < -0.39 is 36.5 Å². The highest BCUT2D eigenvalue weighted by molar-refractivity contribution is 6.02. The molecule has 7 nitrogen and oxygen atoms in total. The Bertz CT molecular complexity index is 727. The third-order valence-electron chi connectivity index (χ3n) is 4.32. The molecule has 26 heavy (non-hydrogen) atoms. The number of H-pyrrole nitrogens is 1. The second-order valence-electron chi connectivity index (χ2n) is 6.11. The molecule has 0 aliphatic carbocycles. The van der Waals surface area contributed by atoms with Gasteiger partial charge < -0.3 is 19.9 Å². The number of hydrogen-bond acceptors (Lipinski definition) is 4. The van der Waals surface area contributed by atoms with Gasteiger partial charge in [-0.25, -0.2) is 4.79 Å². The number of aromatic nitrogens is 1. The van der Waals surface area contributed by atoms with Crippen molar-refractivity contribution in [2.24, 2.45) is 0 Å². The van der Waals surface area contributed by atoms with Crippen LogP contribution in [-0.4, -0.2) is 60.1 Å². The van der Waals surface area contributed by atoms with E-state index in [-0.39, 0.29) is 24.2 Å². The Morgan fingerprint density at radius 1 is 1.31 bits per heavy atom. The minimum absolute atomic E-state index is 0.124. The zero-order valence-corrected chi connectivity index (χ0v) is 14.6. The van der Waals surface area contributed by atoms with Crippen LogP contribution < -0.4 is 5.32 Å². The summed E-state index contributed by atoms with van der Waals surface area (Å²) in [5, 5.41) is 1.82. The summed E-state index contributed by atoms with van der Waals surface area (Å²) in [4.78, 5) is 40.7. The molecule has 0 radical (unpaired) electrons. The van der Waals surface area contributed by atoms with Gasteiger partial charge in [0.1, 0.15) is 18.3 Å². The summed E-state index contributed by atoms with van der Waals surface area (Å²) < 4.78 is 41.6. The molecule has 2 amide bonds. The van der Waals surface area contributed by atoms with Gasteiger partial charge in [0, 0.05) is 12.2 Å². The molecule has 1 aliphatic heterocycles. The number of likely N-dealkylation sites (tertiary alicyclic amines) is 1. The van der Waals surface area contributed by atoms with Crippen LogP contribution in [0.5, 0.6) is 0 Å². The number of amides is 2. The number of nitrogens with one attached hydrogen (secondary N) is 2. The molecule has 0 aromatic carbocycles. The average molecular weight is 375 g/mol. The highest BCUT2D eigenvalue weighted by Gasteiger charge is 2.38. The van der Waals surface area contributed by atoms with E-state index >= 15 is 0 Å². The lowest BCUT2D eigenvalue weighted by atomic mass is 10.1. The van der Waals surface area contributed by atoms with Crippen molar-refractivity contribution in [3.8, 4) is 0 Å². The molecule has 2 N–H and O–H groups in total. The first-order valence-corrected chi connectivity index (χ1v) is 7.99. The first kappa shape index (κ1) is 19.8. The lowest BCUT2D eigenvalue weighted by Crippen LogP contribution is -2.48. The van der Waals surface area contributed by atoms with Crippen LogP contribution in [0.3, 0.4) is 0 Å². The molecule has 1 aromatic rings. The topological polar surface area (TPSA) is 91.5 Å². The quantitative estimate of drug-likeness (QED) is 0.784. The van der Waals surface area contributed by atoms with Crippen molar-refractivity contribution in [1.82, 2.24) is 15.2 Å². The number of carbonyl (C=O) groups is 3. The van der Waals surface area contributed by atoms with Gasteiger partial charge in [-0.3, -0.25) is 9.59 Å². The minimum Gasteiger partial charge on any atom is -0.465 e. The Morgan fingerprint density at radius 2 is 1.96 bits per heavy atom. The van der Waals surface area contributed by atoms with E-state index in [2.05, 4.69) is 9.72 Å². The Hall–Kier alpha value is -2.52. The highest BCUT2D eigenvalue weighted by Crippen LogP contribution is 2.25. The lowest BCUT2D eigenvalue weighted by molar-refractivity contribution is -0.140. The highest BCUT2D eigenvalue weighted by atomic mass is 19.4. The van der Waals surface area contributed by atoms with Crippen molar-refractivity contribution in [3.63, 3.8) is 0 Å². The number of esters is 1. The summed E-state index contributed by atoms with van der Waals surface area (Å²) in [7, 11) is 1.22. The largest absolute Gasteiger partial charge is 0.465 e. The molecule has 1 fully saturated rings. The Labute approximate surface area is 147 Å². The van der Waals surface area contributed by atoms with Gasteiger partial charge in [-0.15, -0.1) is 0 Å². The standard InChI is InChI=1S/C16H20F3N3O4/c1-8-11(15(25)26-3)9(2)21-12(8)14(24)22-6-4-5-10(22)13(23)20-7-16(17,18)19/h10,21H,4-7H2,1-3H3,(H,20,23). The number of alkyl halides is 3. The molecule has 1 unspecified atom stereocenters. The molecule has 1 saturated heterocycles. The maximum Gasteiger partial charge on any atom is 0.405 e. The molecule has 2 heterocycles. The molecule has 1 aliphatic rings. The number of aromatic amines is 1. The van der Waals surface area contributed by atoms with Crippen LogP contribution >= 0.6 is 0 Å². The van der Waals surface area contributed by atoms with Crippen molar-refractivity contribution in [3.05, 3.63) is 22.5 Å². The van der Waals surface area contributed by atoms with Crippen LogP contribution in [0, 0.1) is 13.8 Å². The average Bonchev–Trinajstić information content (AvgIpc) is 3.15. The van der Waals surface area contributed by atoms with Crippen LogP contribution in [-0.2, 0) is 9.53 Å². The smallest absolute Gasteiger partial charge is 0.405 e. The van der Waals surface area contributed by atoms with E-state index in [9.17, 15) is 27.6 Å². The molecule has 10 heteroatoms. The van der Waals surface area contributed by atoms with Gasteiger partial charge in [-0.1, -0.05) is 0 Å². The third kappa shape index (κ3) is 4.00. The van der Waals surface area contributed by atoms with Gasteiger partial charge >= 0.3 is 12.1 Å². The van der Waals surface area contributed by atoms with Crippen LogP contribution in [0.1, 0.15) is 44.9 Å². The monoisotopic (exact) mass is 375 g/mol. The number of methoxy groups -OCH3 is 1. The van der Waals surface area contributed by atoms with Crippen molar-refractivity contribution in [2.45, 2.75) is 38.9 Å². The summed E-state index contributed by atoms with van der Waals surface area (Å²) in [6.07, 6.45) is -3.75. The van der Waals surface area contributed by atoms with Crippen LogP contribution in [0.4, 0.5) is 13.2 Å². The fourth-order valence-electron chi connectivity index (χ4n) is 3.10. The maximum atomic E-state index is 12.8. The Balaban J connectivity index is 2.21. The number of halogens is 3. The molecule has 1 atom stereocenters. The van der Waals surface area contributed by atoms with E-state index in [4.69, 9.17) is 0 Å². The third-order valence-corrected chi connectivity index (χ3v) is 4.32. The molecule has 1 aromatic heterocycles. The number of nitrogens with zero attached hydrogens (tertiary/aromatic N) is 1. The Morgan fingerprint density at radius 3 is 2.54 bits per heavy atom. The summed E-state index contributed by atoms with van der Waals surface area (Å²) in [6, 6.07) is -0.977. The number of rotatable bonds is 4. The molecule has 0 spiro atoms. The van der Waals surface area contributed by atoms with E-state index in [1.54, 1.807) is 13.8 Å². The molecular weight excluding hydrogens is 355 g/mol. The maximum absolute atomic E-state index is 12.8. The van der Waals surface area contributed by atoms with Crippen LogP contribution in [0.25, 0.3) is 0 Å². The minimum atomic E-state index is -4.52. The number of aryl methyl sites for hydroxylation is 1. The second kappa shape index (κ2) is 7.38. The summed E-state index contributed by atoms with van der Waals surface area (Å²) in [5.74, 6) is -1.98. The van der Waals surface area contributed by atoms with Crippen LogP contribution in [0.2, 0.25) is 0 Å². The van der Waals surface area contributed by atoms with Gasteiger partial charge in [0.15, 0.2) is 0 Å². The molecule has 2 rings (SSSR count). The lowest BCUT2D eigenvalue weighted by Gasteiger charge is -2.24. The summed E-state index contributed by atoms with van der Waals surface area (Å²) in [6.45, 7) is 1.97. The van der Waals surface area contributed by atoms with E-state index in [1.807, 2.05) is 5.32 Å². The van der Waals surface area contributed by atoms with Gasteiger partial charge in [0.2, 0.25) is 5.91 Å². The zero-order chi connectivity index (χ0) is 19.6.